The molecule has 0 aromatic carbocycles. The highest BCUT2D eigenvalue weighted by Crippen LogP contribution is 2.24. The Balaban J connectivity index is 1.93. The summed E-state index contributed by atoms with van der Waals surface area (Å²) in [5.41, 5.74) is 0. The number of nitrogens with zero attached hydrogens (tertiary/aromatic N) is 2. The summed E-state index contributed by atoms with van der Waals surface area (Å²) in [6.45, 7) is 2.92. The molecule has 1 unspecified atom stereocenters. The summed E-state index contributed by atoms with van der Waals surface area (Å²) in [5.74, 6) is 0. The second-order valence-electron chi connectivity index (χ2n) is 4.63. The number of rotatable bonds is 2. The maximum atomic E-state index is 11.1. The Morgan fingerprint density at radius 3 is 2.47 bits per heavy atom. The molecular weight excluding hydrogens is 244 g/mol. The van der Waals surface area contributed by atoms with E-state index in [-0.39, 0.29) is 6.17 Å². The number of carbonyl (C=O) groups excluding carboxylic acids is 1. The van der Waals surface area contributed by atoms with E-state index in [1.807, 2.05) is 0 Å². The van der Waals surface area contributed by atoms with Gasteiger partial charge in [-0.25, -0.2) is 4.79 Å². The van der Waals surface area contributed by atoms with Crippen molar-refractivity contribution in [2.75, 3.05) is 19.6 Å². The molecule has 2 rings (SSSR count). The van der Waals surface area contributed by atoms with E-state index in [0.29, 0.717) is 0 Å². The van der Waals surface area contributed by atoms with Crippen LogP contribution >= 0.6 is 11.9 Å². The molecule has 2 heterocycles. The van der Waals surface area contributed by atoms with Gasteiger partial charge >= 0.3 is 6.16 Å². The maximum Gasteiger partial charge on any atom is 0.546 e. The largest absolute Gasteiger partial charge is 0.546 e. The topological polar surface area (TPSA) is 42.0 Å². The Hall–Kier alpha value is -0.520. The van der Waals surface area contributed by atoms with Gasteiger partial charge in [0.1, 0.15) is 11.9 Å². The number of piperidine rings is 2. The molecule has 2 fully saturated rings. The van der Waals surface area contributed by atoms with Gasteiger partial charge in [-0.05, 0) is 45.2 Å². The van der Waals surface area contributed by atoms with E-state index in [4.69, 9.17) is 16.7 Å². The van der Waals surface area contributed by atoms with E-state index < -0.39 is 6.16 Å². The first kappa shape index (κ1) is 12.9. The molecule has 0 aromatic rings. The first-order valence-electron chi connectivity index (χ1n) is 6.32. The molecule has 2 aliphatic rings. The van der Waals surface area contributed by atoms with Crippen molar-refractivity contribution in [2.45, 2.75) is 44.7 Å². The highest BCUT2D eigenvalue weighted by molar-refractivity contribution is 6.12. The van der Waals surface area contributed by atoms with Crippen LogP contribution in [0.15, 0.2) is 0 Å². The minimum absolute atomic E-state index is 0.194. The highest BCUT2D eigenvalue weighted by atomic mass is 35.5. The van der Waals surface area contributed by atoms with Gasteiger partial charge in [0.15, 0.2) is 0 Å². The molecule has 5 nitrogen and oxygen atoms in total. The molecule has 0 amide bonds. The van der Waals surface area contributed by atoms with Crippen molar-refractivity contribution in [1.29, 1.82) is 0 Å². The van der Waals surface area contributed by atoms with Gasteiger partial charge in [-0.2, -0.15) is 0 Å². The van der Waals surface area contributed by atoms with Crippen LogP contribution in [-0.4, -0.2) is 41.9 Å². The Kier molecular flexibility index (Phi) is 4.88. The van der Waals surface area contributed by atoms with E-state index in [0.717, 1.165) is 32.5 Å². The van der Waals surface area contributed by atoms with Crippen LogP contribution in [0.5, 0.6) is 0 Å². The molecule has 2 saturated heterocycles. The number of halogens is 1. The summed E-state index contributed by atoms with van der Waals surface area (Å²) in [6.07, 6.45) is 6.37. The third kappa shape index (κ3) is 3.47. The molecule has 0 saturated carbocycles. The highest BCUT2D eigenvalue weighted by Gasteiger charge is 2.31. The van der Waals surface area contributed by atoms with E-state index in [9.17, 15) is 4.79 Å². The summed E-state index contributed by atoms with van der Waals surface area (Å²) in [5, 5.41) is 1.72. The summed E-state index contributed by atoms with van der Waals surface area (Å²) < 4.78 is 4.04. The van der Waals surface area contributed by atoms with Crippen LogP contribution in [0.25, 0.3) is 0 Å². The SMILES string of the molecule is O=C(OCl)ON1CCCCC1N1CCCCC1. The third-order valence-electron chi connectivity index (χ3n) is 3.49. The van der Waals surface area contributed by atoms with Crippen LogP contribution in [0.1, 0.15) is 38.5 Å². The van der Waals surface area contributed by atoms with E-state index in [2.05, 4.69) is 9.19 Å². The van der Waals surface area contributed by atoms with Gasteiger partial charge < -0.3 is 9.13 Å². The Morgan fingerprint density at radius 1 is 1.06 bits per heavy atom. The van der Waals surface area contributed by atoms with Crippen molar-refractivity contribution < 1.29 is 13.9 Å². The lowest BCUT2D eigenvalue weighted by Crippen LogP contribution is -2.52. The van der Waals surface area contributed by atoms with Crippen LogP contribution in [0.4, 0.5) is 4.79 Å². The molecule has 98 valence electrons. The molecule has 6 heteroatoms. The molecule has 1 atom stereocenters. The fourth-order valence-electron chi connectivity index (χ4n) is 2.68. The minimum Gasteiger partial charge on any atom is -0.333 e. The van der Waals surface area contributed by atoms with Crippen LogP contribution in [-0.2, 0) is 9.13 Å². The number of carbonyl (C=O) groups is 1. The summed E-state index contributed by atoms with van der Waals surface area (Å²) in [4.78, 5) is 18.6. The van der Waals surface area contributed by atoms with Crippen molar-refractivity contribution in [1.82, 2.24) is 9.96 Å². The van der Waals surface area contributed by atoms with Gasteiger partial charge in [0.25, 0.3) is 0 Å². The zero-order chi connectivity index (χ0) is 12.1. The van der Waals surface area contributed by atoms with Gasteiger partial charge in [-0.15, -0.1) is 5.06 Å². The summed E-state index contributed by atoms with van der Waals surface area (Å²) in [7, 11) is 0. The number of hydrogen-bond acceptors (Lipinski definition) is 5. The monoisotopic (exact) mass is 262 g/mol. The number of hydrogen-bond donors (Lipinski definition) is 0. The van der Waals surface area contributed by atoms with Crippen molar-refractivity contribution in [2.24, 2.45) is 0 Å². The molecule has 0 aromatic heterocycles. The zero-order valence-electron chi connectivity index (χ0n) is 9.94. The second kappa shape index (κ2) is 6.42. The third-order valence-corrected chi connectivity index (χ3v) is 3.62. The summed E-state index contributed by atoms with van der Waals surface area (Å²) >= 11 is 4.99. The molecule has 0 spiro atoms. The predicted molar refractivity (Wildman–Crippen MR) is 63.2 cm³/mol. The average Bonchev–Trinajstić information content (AvgIpc) is 2.40. The first-order chi connectivity index (χ1) is 8.31. The number of likely N-dealkylation sites (tertiary alicyclic amines) is 1. The van der Waals surface area contributed by atoms with E-state index in [1.54, 1.807) is 5.06 Å². The molecular formula is C11H19ClN2O3. The van der Waals surface area contributed by atoms with Crippen molar-refractivity contribution >= 4 is 18.0 Å². The standard InChI is InChI=1S/C11H19ClN2O3/c12-16-11(15)17-14-9-5-2-6-10(14)13-7-3-1-4-8-13/h10H,1-9H2. The fraction of sp³-hybridized carbons (Fsp3) is 0.909. The molecule has 2 aliphatic heterocycles. The molecule has 0 bridgehead atoms. The lowest BCUT2D eigenvalue weighted by atomic mass is 10.1. The molecule has 0 radical (unpaired) electrons. The van der Waals surface area contributed by atoms with Gasteiger partial charge in [-0.1, -0.05) is 6.42 Å². The van der Waals surface area contributed by atoms with Crippen LogP contribution in [0.2, 0.25) is 0 Å². The fourth-order valence-corrected chi connectivity index (χ4v) is 2.71. The predicted octanol–water partition coefficient (Wildman–Crippen LogP) is 2.51. The first-order valence-corrected chi connectivity index (χ1v) is 6.63. The summed E-state index contributed by atoms with van der Waals surface area (Å²) in [6, 6.07) is 0. The van der Waals surface area contributed by atoms with Crippen molar-refractivity contribution in [3.8, 4) is 0 Å². The Labute approximate surface area is 107 Å². The minimum atomic E-state index is -0.837. The van der Waals surface area contributed by atoms with Crippen LogP contribution < -0.4 is 0 Å². The maximum absolute atomic E-state index is 11.1. The second-order valence-corrected chi connectivity index (χ2v) is 4.79. The zero-order valence-corrected chi connectivity index (χ0v) is 10.7. The van der Waals surface area contributed by atoms with Crippen LogP contribution in [0, 0.1) is 0 Å². The lowest BCUT2D eigenvalue weighted by molar-refractivity contribution is -0.197. The van der Waals surface area contributed by atoms with Gasteiger partial charge in [-0.3, -0.25) is 4.90 Å². The number of hydroxylamine groups is 2. The smallest absolute Gasteiger partial charge is 0.333 e. The van der Waals surface area contributed by atoms with E-state index >= 15 is 0 Å². The molecule has 0 N–H and O–H groups in total. The van der Waals surface area contributed by atoms with Gasteiger partial charge in [0.05, 0.1) is 6.17 Å². The van der Waals surface area contributed by atoms with Crippen molar-refractivity contribution in [3.63, 3.8) is 0 Å². The lowest BCUT2D eigenvalue weighted by Gasteiger charge is -2.41. The quantitative estimate of drug-likeness (QED) is 0.765. The molecule has 17 heavy (non-hydrogen) atoms. The Bertz CT molecular complexity index is 259. The molecule has 0 aliphatic carbocycles. The van der Waals surface area contributed by atoms with Gasteiger partial charge in [0.2, 0.25) is 0 Å². The van der Waals surface area contributed by atoms with Crippen LogP contribution in [0.3, 0.4) is 0 Å². The van der Waals surface area contributed by atoms with E-state index in [1.165, 1.54) is 25.7 Å². The van der Waals surface area contributed by atoms with Crippen molar-refractivity contribution in [3.05, 3.63) is 0 Å². The average molecular weight is 263 g/mol. The Morgan fingerprint density at radius 2 is 1.76 bits per heavy atom. The van der Waals surface area contributed by atoms with Gasteiger partial charge in [0, 0.05) is 6.54 Å². The normalized spacial score (nSPS) is 27.7.